The number of hydrogen-bond acceptors (Lipinski definition) is 6. The minimum Gasteiger partial charge on any atom is -0.454 e. The predicted octanol–water partition coefficient (Wildman–Crippen LogP) is 4.38. The van der Waals surface area contributed by atoms with Crippen molar-refractivity contribution in [1.82, 2.24) is 4.98 Å². The Morgan fingerprint density at radius 2 is 1.77 bits per heavy atom. The largest absolute Gasteiger partial charge is 0.454 e. The van der Waals surface area contributed by atoms with Crippen LogP contribution in [0, 0.1) is 6.92 Å². The number of ketones is 1. The number of carbonyl (C=O) groups is 2. The lowest BCUT2D eigenvalue weighted by molar-refractivity contribution is 0.0476. The van der Waals surface area contributed by atoms with Gasteiger partial charge in [0, 0.05) is 22.2 Å². The number of aryl methyl sites for hydroxylation is 1. The molecule has 0 unspecified atom stereocenters. The summed E-state index contributed by atoms with van der Waals surface area (Å²) in [5.74, 6) is -1.14. The number of nitrogens with one attached hydrogen (secondary N) is 2. The van der Waals surface area contributed by atoms with Gasteiger partial charge in [-0.05, 0) is 36.6 Å². The van der Waals surface area contributed by atoms with Crippen LogP contribution in [-0.4, -0.2) is 31.8 Å². The lowest BCUT2D eigenvalue weighted by Crippen LogP contribution is -2.18. The van der Waals surface area contributed by atoms with E-state index >= 15 is 0 Å². The number of Topliss-reactive ketones (excluding diaryl/α,β-unsaturated/α-hetero) is 1. The number of thiophene rings is 1. The predicted molar refractivity (Wildman–Crippen MR) is 119 cm³/mol. The third-order valence-corrected chi connectivity index (χ3v) is 7.42. The second-order valence-electron chi connectivity index (χ2n) is 6.75. The number of para-hydroxylation sites is 2. The zero-order chi connectivity index (χ0) is 22.0. The molecule has 2 heterocycles. The molecular formula is C22H18N2O5S2. The molecule has 7 nitrogen and oxygen atoms in total. The van der Waals surface area contributed by atoms with E-state index in [2.05, 4.69) is 9.71 Å². The van der Waals surface area contributed by atoms with Crippen LogP contribution in [0.5, 0.6) is 0 Å². The number of rotatable bonds is 7. The van der Waals surface area contributed by atoms with Gasteiger partial charge in [0.05, 0.1) is 11.3 Å². The zero-order valence-corrected chi connectivity index (χ0v) is 18.0. The number of aromatic nitrogens is 1. The van der Waals surface area contributed by atoms with Gasteiger partial charge in [-0.2, -0.15) is 0 Å². The molecule has 0 aliphatic rings. The standard InChI is InChI=1S/C22H18N2O5S2/c1-14-21(15-7-2-4-9-17(15)23-14)19(25)13-29-22(26)16-8-3-5-10-18(16)24-31(27,28)20-11-6-12-30-20/h2-12,23-24H,13H2,1H3. The van der Waals surface area contributed by atoms with Crippen LogP contribution in [0.4, 0.5) is 5.69 Å². The van der Waals surface area contributed by atoms with Gasteiger partial charge in [0.1, 0.15) is 4.21 Å². The molecule has 2 aromatic heterocycles. The summed E-state index contributed by atoms with van der Waals surface area (Å²) in [5, 5.41) is 2.40. The lowest BCUT2D eigenvalue weighted by atomic mass is 10.1. The lowest BCUT2D eigenvalue weighted by Gasteiger charge is -2.11. The maximum absolute atomic E-state index is 12.7. The zero-order valence-electron chi connectivity index (χ0n) is 16.4. The third-order valence-electron chi connectivity index (χ3n) is 4.66. The second-order valence-corrected chi connectivity index (χ2v) is 9.61. The van der Waals surface area contributed by atoms with Gasteiger partial charge in [0.2, 0.25) is 5.78 Å². The van der Waals surface area contributed by atoms with Crippen LogP contribution in [0.1, 0.15) is 26.4 Å². The first-order chi connectivity index (χ1) is 14.9. The number of aromatic amines is 1. The normalized spacial score (nSPS) is 11.4. The number of esters is 1. The molecule has 0 amide bonds. The summed E-state index contributed by atoms with van der Waals surface area (Å²) in [6, 6.07) is 16.6. The third kappa shape index (κ3) is 4.23. The highest BCUT2D eigenvalue weighted by Gasteiger charge is 2.22. The number of carbonyl (C=O) groups excluding carboxylic acids is 2. The van der Waals surface area contributed by atoms with Gasteiger partial charge in [-0.25, -0.2) is 13.2 Å². The monoisotopic (exact) mass is 454 g/mol. The molecule has 2 N–H and O–H groups in total. The molecule has 9 heteroatoms. The van der Waals surface area contributed by atoms with Crippen LogP contribution in [0.3, 0.4) is 0 Å². The first-order valence-electron chi connectivity index (χ1n) is 9.30. The number of sulfonamides is 1. The Bertz CT molecular complexity index is 1370. The topological polar surface area (TPSA) is 105 Å². The van der Waals surface area contributed by atoms with E-state index in [0.717, 1.165) is 22.2 Å². The maximum Gasteiger partial charge on any atom is 0.340 e. The van der Waals surface area contributed by atoms with Crippen LogP contribution >= 0.6 is 11.3 Å². The molecule has 0 spiro atoms. The van der Waals surface area contributed by atoms with E-state index in [1.807, 2.05) is 24.3 Å². The maximum atomic E-state index is 12.7. The minimum atomic E-state index is -3.83. The van der Waals surface area contributed by atoms with Gasteiger partial charge in [0.25, 0.3) is 10.0 Å². The Kier molecular flexibility index (Phi) is 5.62. The molecule has 0 atom stereocenters. The fourth-order valence-corrected chi connectivity index (χ4v) is 5.35. The molecule has 0 aliphatic carbocycles. The summed E-state index contributed by atoms with van der Waals surface area (Å²) in [7, 11) is -3.83. The van der Waals surface area contributed by atoms with Crippen molar-refractivity contribution in [3.8, 4) is 0 Å². The van der Waals surface area contributed by atoms with Crippen molar-refractivity contribution in [2.24, 2.45) is 0 Å². The van der Waals surface area contributed by atoms with Crippen LogP contribution in [0.15, 0.2) is 70.3 Å². The highest BCUT2D eigenvalue weighted by molar-refractivity contribution is 7.94. The van der Waals surface area contributed by atoms with Gasteiger partial charge >= 0.3 is 5.97 Å². The Labute approximate surface area is 182 Å². The molecule has 0 saturated carbocycles. The Balaban J connectivity index is 1.52. The van der Waals surface area contributed by atoms with Crippen molar-refractivity contribution in [3.05, 3.63) is 82.9 Å². The fraction of sp³-hybridized carbons (Fsp3) is 0.0909. The average Bonchev–Trinajstić information content (AvgIpc) is 3.40. The van der Waals surface area contributed by atoms with Crippen LogP contribution in [-0.2, 0) is 14.8 Å². The number of anilines is 1. The Morgan fingerprint density at radius 3 is 2.55 bits per heavy atom. The van der Waals surface area contributed by atoms with E-state index in [4.69, 9.17) is 4.74 Å². The molecule has 0 bridgehead atoms. The van der Waals surface area contributed by atoms with E-state index in [1.165, 1.54) is 18.2 Å². The molecule has 0 saturated heterocycles. The average molecular weight is 455 g/mol. The fourth-order valence-electron chi connectivity index (χ4n) is 3.28. The van der Waals surface area contributed by atoms with Gasteiger partial charge < -0.3 is 9.72 Å². The number of benzene rings is 2. The molecule has 0 aliphatic heterocycles. The summed E-state index contributed by atoms with van der Waals surface area (Å²) >= 11 is 1.06. The smallest absolute Gasteiger partial charge is 0.340 e. The van der Waals surface area contributed by atoms with Gasteiger partial charge in [-0.1, -0.05) is 36.4 Å². The summed E-state index contributed by atoms with van der Waals surface area (Å²) < 4.78 is 32.8. The quantitative estimate of drug-likeness (QED) is 0.318. The van der Waals surface area contributed by atoms with Crippen molar-refractivity contribution in [2.45, 2.75) is 11.1 Å². The van der Waals surface area contributed by atoms with E-state index in [9.17, 15) is 18.0 Å². The molecule has 0 fully saturated rings. The van der Waals surface area contributed by atoms with E-state index in [-0.39, 0.29) is 21.2 Å². The van der Waals surface area contributed by atoms with Gasteiger partial charge in [-0.3, -0.25) is 9.52 Å². The summed E-state index contributed by atoms with van der Waals surface area (Å²) in [4.78, 5) is 28.5. The van der Waals surface area contributed by atoms with Crippen molar-refractivity contribution < 1.29 is 22.7 Å². The molecule has 0 radical (unpaired) electrons. The molecule has 2 aromatic carbocycles. The number of hydrogen-bond donors (Lipinski definition) is 2. The van der Waals surface area contributed by atoms with Crippen molar-refractivity contribution in [2.75, 3.05) is 11.3 Å². The first-order valence-corrected chi connectivity index (χ1v) is 11.7. The molecule has 158 valence electrons. The summed E-state index contributed by atoms with van der Waals surface area (Å²) in [5.41, 5.74) is 2.08. The molecule has 4 aromatic rings. The van der Waals surface area contributed by atoms with E-state index in [1.54, 1.807) is 30.5 Å². The highest BCUT2D eigenvalue weighted by atomic mass is 32.2. The number of ether oxygens (including phenoxy) is 1. The van der Waals surface area contributed by atoms with Crippen LogP contribution in [0.25, 0.3) is 10.9 Å². The van der Waals surface area contributed by atoms with E-state index in [0.29, 0.717) is 11.3 Å². The van der Waals surface area contributed by atoms with Crippen LogP contribution in [0.2, 0.25) is 0 Å². The van der Waals surface area contributed by atoms with E-state index < -0.39 is 22.6 Å². The summed E-state index contributed by atoms with van der Waals surface area (Å²) in [6.45, 7) is 1.32. The molecular weight excluding hydrogens is 436 g/mol. The molecule has 31 heavy (non-hydrogen) atoms. The SMILES string of the molecule is Cc1[nH]c2ccccc2c1C(=O)COC(=O)c1ccccc1NS(=O)(=O)c1cccs1. The Morgan fingerprint density at radius 1 is 1.03 bits per heavy atom. The Hall–Kier alpha value is -3.43. The summed E-state index contributed by atoms with van der Waals surface area (Å²) in [6.07, 6.45) is 0. The highest BCUT2D eigenvalue weighted by Crippen LogP contribution is 2.25. The molecule has 4 rings (SSSR count). The first kappa shape index (κ1) is 20.8. The van der Waals surface area contributed by atoms with Gasteiger partial charge in [-0.15, -0.1) is 11.3 Å². The number of fused-ring (bicyclic) bond motifs is 1. The second kappa shape index (κ2) is 8.37. The van der Waals surface area contributed by atoms with Crippen molar-refractivity contribution >= 4 is 49.7 Å². The van der Waals surface area contributed by atoms with Crippen molar-refractivity contribution in [1.29, 1.82) is 0 Å². The number of H-pyrrole nitrogens is 1. The van der Waals surface area contributed by atoms with Crippen molar-refractivity contribution in [3.63, 3.8) is 0 Å². The minimum absolute atomic E-state index is 0.0195. The van der Waals surface area contributed by atoms with Crippen LogP contribution < -0.4 is 4.72 Å². The van der Waals surface area contributed by atoms with Gasteiger partial charge in [0.15, 0.2) is 6.61 Å².